The number of nitrogens with zero attached hydrogens (tertiary/aromatic N) is 2. The Bertz CT molecular complexity index is 1290. The molecule has 4 rings (SSSR count). The lowest BCUT2D eigenvalue weighted by Crippen LogP contribution is -2.59. The molecule has 14 heteroatoms. The van der Waals surface area contributed by atoms with Gasteiger partial charge in [0.05, 0.1) is 36.1 Å². The van der Waals surface area contributed by atoms with Crippen molar-refractivity contribution in [2.45, 2.75) is 78.4 Å². The smallest absolute Gasteiger partial charge is 0.410 e. The first-order chi connectivity index (χ1) is 22.2. The van der Waals surface area contributed by atoms with Crippen LogP contribution in [-0.2, 0) is 32.3 Å². The van der Waals surface area contributed by atoms with Crippen molar-refractivity contribution in [2.24, 2.45) is 11.7 Å². The quantitative estimate of drug-likeness (QED) is 0.219. The van der Waals surface area contributed by atoms with Crippen molar-refractivity contribution in [1.29, 1.82) is 0 Å². The van der Waals surface area contributed by atoms with Crippen molar-refractivity contribution in [3.8, 4) is 0 Å². The molecule has 2 aromatic carbocycles. The van der Waals surface area contributed by atoms with Crippen LogP contribution in [-0.4, -0.2) is 98.4 Å². The average molecular weight is 749 g/mol. The molecule has 2 aromatic rings. The molecule has 0 radical (unpaired) electrons. The van der Waals surface area contributed by atoms with Gasteiger partial charge in [-0.05, 0) is 55.3 Å². The Balaban J connectivity index is 0.000000807. The molecular weight excluding hydrogens is 697 g/mol. The second-order valence-corrected chi connectivity index (χ2v) is 12.8. The van der Waals surface area contributed by atoms with Crippen molar-refractivity contribution >= 4 is 58.0 Å². The number of carbonyl (C=O) groups excluding carboxylic acids is 4. The molecule has 2 amide bonds. The summed E-state index contributed by atoms with van der Waals surface area (Å²) in [6, 6.07) is 18.6. The van der Waals surface area contributed by atoms with E-state index in [1.165, 1.54) is 9.80 Å². The molecule has 0 spiro atoms. The molecule has 0 saturated carbocycles. The molecule has 4 N–H and O–H groups in total. The third-order valence-corrected chi connectivity index (χ3v) is 8.62. The van der Waals surface area contributed by atoms with E-state index in [1.807, 2.05) is 60.7 Å². The summed E-state index contributed by atoms with van der Waals surface area (Å²) >= 11 is 15.1. The van der Waals surface area contributed by atoms with Crippen LogP contribution >= 0.6 is 34.8 Å². The summed E-state index contributed by atoms with van der Waals surface area (Å²) in [6.07, 6.45) is 0.514. The van der Waals surface area contributed by atoms with E-state index in [2.05, 4.69) is 0 Å². The number of hydrogen-bond acceptors (Lipinski definition) is 9. The van der Waals surface area contributed by atoms with Gasteiger partial charge in [-0.25, -0.2) is 9.59 Å². The van der Waals surface area contributed by atoms with Crippen molar-refractivity contribution in [1.82, 2.24) is 9.80 Å². The average Bonchev–Trinajstić information content (AvgIpc) is 3.05. The van der Waals surface area contributed by atoms with Crippen LogP contribution in [0.3, 0.4) is 0 Å². The summed E-state index contributed by atoms with van der Waals surface area (Å²) in [7, 11) is 0. The van der Waals surface area contributed by atoms with E-state index in [1.54, 1.807) is 13.8 Å². The monoisotopic (exact) mass is 747 g/mol. The number of aliphatic hydroxyl groups is 2. The van der Waals surface area contributed by atoms with Gasteiger partial charge in [0.15, 0.2) is 0 Å². The molecule has 2 aliphatic rings. The van der Waals surface area contributed by atoms with Gasteiger partial charge >= 0.3 is 12.2 Å². The SMILES string of the molecule is C.C.C[C@@]1(O)CN(C(=O)OCc2ccccc2)CC[C@H]1CC(=O)CCl.C[C@@]1(O)CN(C(=O)OCc2ccccc2)CC[C@H]1N.O=C(Cl)CCl. The van der Waals surface area contributed by atoms with Gasteiger partial charge in [-0.15, -0.1) is 23.2 Å². The van der Waals surface area contributed by atoms with Gasteiger partial charge in [0.2, 0.25) is 5.24 Å². The van der Waals surface area contributed by atoms with Crippen molar-refractivity contribution in [2.75, 3.05) is 37.9 Å². The minimum absolute atomic E-state index is 0. The molecular formula is C35H52Cl3N3O8. The second-order valence-electron chi connectivity index (χ2n) is 11.9. The van der Waals surface area contributed by atoms with Gasteiger partial charge in [0, 0.05) is 25.6 Å². The van der Waals surface area contributed by atoms with E-state index < -0.39 is 28.6 Å². The zero-order valence-corrected chi connectivity index (χ0v) is 28.9. The fraction of sp³-hybridized carbons (Fsp3) is 0.543. The fourth-order valence-electron chi connectivity index (χ4n) is 4.99. The number of likely N-dealkylation sites (tertiary alicyclic amines) is 2. The Kier molecular flexibility index (Phi) is 21.4. The molecule has 2 aliphatic heterocycles. The summed E-state index contributed by atoms with van der Waals surface area (Å²) in [4.78, 5) is 48.0. The van der Waals surface area contributed by atoms with Crippen LogP contribution in [0.2, 0.25) is 0 Å². The second kappa shape index (κ2) is 22.7. The van der Waals surface area contributed by atoms with Crippen LogP contribution in [0.4, 0.5) is 9.59 Å². The Morgan fingerprint density at radius 2 is 1.18 bits per heavy atom. The topological polar surface area (TPSA) is 160 Å². The van der Waals surface area contributed by atoms with Crippen LogP contribution in [0.25, 0.3) is 0 Å². The molecule has 2 fully saturated rings. The van der Waals surface area contributed by atoms with E-state index in [0.717, 1.165) is 11.1 Å². The molecule has 49 heavy (non-hydrogen) atoms. The van der Waals surface area contributed by atoms with Crippen LogP contribution < -0.4 is 5.73 Å². The number of carbonyl (C=O) groups is 4. The minimum Gasteiger partial charge on any atom is -0.445 e. The number of Topliss-reactive ketones (excluding diaryl/α,β-unsaturated/α-hetero) is 1. The highest BCUT2D eigenvalue weighted by Crippen LogP contribution is 2.31. The van der Waals surface area contributed by atoms with Gasteiger partial charge in [0.1, 0.15) is 19.0 Å². The molecule has 0 bridgehead atoms. The Morgan fingerprint density at radius 1 is 0.776 bits per heavy atom. The maximum absolute atomic E-state index is 12.1. The predicted octanol–water partition coefficient (Wildman–Crippen LogP) is 5.96. The van der Waals surface area contributed by atoms with Gasteiger partial charge < -0.3 is 35.2 Å². The third kappa shape index (κ3) is 16.6. The number of piperidine rings is 2. The summed E-state index contributed by atoms with van der Waals surface area (Å²) in [5, 5.41) is 20.1. The van der Waals surface area contributed by atoms with Crippen molar-refractivity contribution in [3.05, 3.63) is 71.8 Å². The lowest BCUT2D eigenvalue weighted by Gasteiger charge is -2.42. The largest absolute Gasteiger partial charge is 0.445 e. The fourth-order valence-corrected chi connectivity index (χ4v) is 5.10. The molecule has 11 nitrogen and oxygen atoms in total. The van der Waals surface area contributed by atoms with Crippen LogP contribution in [0.5, 0.6) is 0 Å². The van der Waals surface area contributed by atoms with Crippen LogP contribution in [0.15, 0.2) is 60.7 Å². The molecule has 2 saturated heterocycles. The van der Waals surface area contributed by atoms with E-state index in [-0.39, 0.29) is 77.1 Å². The number of rotatable bonds is 8. The third-order valence-electron chi connectivity index (χ3n) is 7.81. The number of ether oxygens (including phenoxy) is 2. The van der Waals surface area contributed by atoms with Crippen LogP contribution in [0.1, 0.15) is 59.1 Å². The highest BCUT2D eigenvalue weighted by molar-refractivity contribution is 6.67. The highest BCUT2D eigenvalue weighted by Gasteiger charge is 2.41. The summed E-state index contributed by atoms with van der Waals surface area (Å²) in [5.41, 5.74) is 5.49. The van der Waals surface area contributed by atoms with E-state index in [9.17, 15) is 29.4 Å². The number of ketones is 1. The number of β-amino-alcohol motifs (C(OH)–C–C–N with tert-alkyl or cyclic N) is 2. The standard InChI is InChI=1S/C17H22ClNO4.C14H20N2O3.C2H2Cl2O.2CH4/c1-17(22)12-19(8-7-14(17)9-15(20)10-18)16(21)23-11-13-5-3-2-4-6-13;1-14(18)10-16(8-7-12(14)15)13(17)19-9-11-5-3-2-4-6-11;3-1-2(4)5;;/h2-6,14,22H,7-12H2,1H3;2-6,12,18H,7-10,15H2,1H3;1H2;2*1H4/t14-,17+;12-,14-;;;/m01.../s1. The number of halogens is 3. The number of amides is 2. The first-order valence-electron chi connectivity index (χ1n) is 15.1. The van der Waals surface area contributed by atoms with E-state index in [0.29, 0.717) is 25.9 Å². The van der Waals surface area contributed by atoms with Gasteiger partial charge in [-0.2, -0.15) is 0 Å². The molecule has 2 heterocycles. The highest BCUT2D eigenvalue weighted by atomic mass is 35.5. The molecule has 0 unspecified atom stereocenters. The Hall–Kier alpha value is -2.93. The molecule has 4 atom stereocenters. The minimum atomic E-state index is -1.12. The maximum Gasteiger partial charge on any atom is 0.410 e. The number of benzene rings is 2. The van der Waals surface area contributed by atoms with Gasteiger partial charge in [-0.3, -0.25) is 9.59 Å². The van der Waals surface area contributed by atoms with Gasteiger partial charge in [0.25, 0.3) is 0 Å². The summed E-state index contributed by atoms with van der Waals surface area (Å²) in [6.45, 7) is 5.08. The number of hydrogen-bond donors (Lipinski definition) is 3. The lowest BCUT2D eigenvalue weighted by atomic mass is 9.80. The van der Waals surface area contributed by atoms with Crippen LogP contribution in [0, 0.1) is 5.92 Å². The zero-order chi connectivity index (χ0) is 35.0. The van der Waals surface area contributed by atoms with Crippen molar-refractivity contribution in [3.63, 3.8) is 0 Å². The summed E-state index contributed by atoms with van der Waals surface area (Å²) < 4.78 is 10.5. The number of alkyl halides is 2. The number of nitrogens with two attached hydrogens (primary N) is 1. The molecule has 276 valence electrons. The van der Waals surface area contributed by atoms with Gasteiger partial charge in [-0.1, -0.05) is 75.5 Å². The van der Waals surface area contributed by atoms with Crippen molar-refractivity contribution < 1.29 is 38.9 Å². The Morgan fingerprint density at radius 3 is 1.55 bits per heavy atom. The Labute approximate surface area is 305 Å². The molecule has 0 aromatic heterocycles. The van der Waals surface area contributed by atoms with E-state index >= 15 is 0 Å². The van der Waals surface area contributed by atoms with E-state index in [4.69, 9.17) is 50.0 Å². The first kappa shape index (κ1) is 46.1. The first-order valence-corrected chi connectivity index (χ1v) is 16.6. The normalized spacial score (nSPS) is 22.7. The lowest BCUT2D eigenvalue weighted by molar-refractivity contribution is -0.122. The summed E-state index contributed by atoms with van der Waals surface area (Å²) in [5.74, 6) is -0.416. The zero-order valence-electron chi connectivity index (χ0n) is 26.7. The molecule has 0 aliphatic carbocycles. The maximum atomic E-state index is 12.1. The predicted molar refractivity (Wildman–Crippen MR) is 194 cm³/mol.